The summed E-state index contributed by atoms with van der Waals surface area (Å²) in [4.78, 5) is 12.9. The Labute approximate surface area is 132 Å². The molecular formula is C15H18N6O2. The highest BCUT2D eigenvalue weighted by atomic mass is 16.5. The van der Waals surface area contributed by atoms with Crippen LogP contribution in [0.25, 0.3) is 11.1 Å². The second-order valence-electron chi connectivity index (χ2n) is 5.57. The molecule has 3 aromatic heterocycles. The lowest BCUT2D eigenvalue weighted by Gasteiger charge is -2.20. The Kier molecular flexibility index (Phi) is 3.45. The van der Waals surface area contributed by atoms with E-state index in [1.54, 1.807) is 0 Å². The number of nitrogens with zero attached hydrogens (tertiary/aromatic N) is 5. The molecule has 3 aromatic rings. The van der Waals surface area contributed by atoms with Crippen LogP contribution in [0.5, 0.6) is 0 Å². The minimum Gasteiger partial charge on any atom is -0.368 e. The number of ether oxygens (including phenoxy) is 1. The standard InChI is InChI=1S/C15H18N6O2/c1-3-21-6-5-16-14(21)12-10(4-7-22-12)19-13-11-9(2)20-23-15(11)18-8-17-13/h5-6,8,10,12H,3-4,7H2,1-2H3,(H,17,18,19)/t10-,12-/m0/s1. The first-order valence-electron chi connectivity index (χ1n) is 7.74. The largest absolute Gasteiger partial charge is 0.368 e. The van der Waals surface area contributed by atoms with Crippen molar-refractivity contribution in [2.24, 2.45) is 0 Å². The van der Waals surface area contributed by atoms with Crippen LogP contribution in [0.4, 0.5) is 5.82 Å². The lowest BCUT2D eigenvalue weighted by atomic mass is 10.1. The number of anilines is 1. The molecule has 4 heterocycles. The van der Waals surface area contributed by atoms with E-state index in [2.05, 4.69) is 36.9 Å². The maximum absolute atomic E-state index is 5.92. The number of nitrogens with one attached hydrogen (secondary N) is 1. The molecule has 120 valence electrons. The topological polar surface area (TPSA) is 90.9 Å². The van der Waals surface area contributed by atoms with Crippen LogP contribution in [-0.4, -0.2) is 37.3 Å². The predicted molar refractivity (Wildman–Crippen MR) is 83.0 cm³/mol. The van der Waals surface area contributed by atoms with Gasteiger partial charge in [-0.15, -0.1) is 0 Å². The van der Waals surface area contributed by atoms with Crippen molar-refractivity contribution in [1.82, 2.24) is 24.7 Å². The molecule has 0 aliphatic carbocycles. The molecule has 0 saturated carbocycles. The maximum atomic E-state index is 5.92. The van der Waals surface area contributed by atoms with Gasteiger partial charge < -0.3 is 19.1 Å². The van der Waals surface area contributed by atoms with Crippen LogP contribution < -0.4 is 5.32 Å². The van der Waals surface area contributed by atoms with Crippen molar-refractivity contribution in [2.75, 3.05) is 11.9 Å². The maximum Gasteiger partial charge on any atom is 0.263 e. The first kappa shape index (κ1) is 14.1. The Morgan fingerprint density at radius 2 is 2.26 bits per heavy atom. The van der Waals surface area contributed by atoms with E-state index >= 15 is 0 Å². The highest BCUT2D eigenvalue weighted by Crippen LogP contribution is 2.32. The van der Waals surface area contributed by atoms with E-state index in [0.717, 1.165) is 35.7 Å². The van der Waals surface area contributed by atoms with E-state index in [1.807, 2.05) is 19.3 Å². The second-order valence-corrected chi connectivity index (χ2v) is 5.57. The van der Waals surface area contributed by atoms with E-state index in [9.17, 15) is 0 Å². The summed E-state index contributed by atoms with van der Waals surface area (Å²) in [6.45, 7) is 5.53. The van der Waals surface area contributed by atoms with Crippen molar-refractivity contribution < 1.29 is 9.26 Å². The van der Waals surface area contributed by atoms with Crippen molar-refractivity contribution in [2.45, 2.75) is 39.0 Å². The second kappa shape index (κ2) is 5.62. The van der Waals surface area contributed by atoms with Gasteiger partial charge in [0, 0.05) is 25.5 Å². The van der Waals surface area contributed by atoms with Gasteiger partial charge in [-0.05, 0) is 20.3 Å². The molecule has 1 saturated heterocycles. The summed E-state index contributed by atoms with van der Waals surface area (Å²) in [6.07, 6.45) is 6.05. The van der Waals surface area contributed by atoms with Crippen LogP contribution in [0.15, 0.2) is 23.2 Å². The third-order valence-electron chi connectivity index (χ3n) is 4.20. The Morgan fingerprint density at radius 1 is 1.35 bits per heavy atom. The van der Waals surface area contributed by atoms with Crippen molar-refractivity contribution >= 4 is 16.9 Å². The van der Waals surface area contributed by atoms with E-state index < -0.39 is 0 Å². The van der Waals surface area contributed by atoms with Crippen LogP contribution in [0.1, 0.15) is 31.0 Å². The van der Waals surface area contributed by atoms with Gasteiger partial charge >= 0.3 is 0 Å². The smallest absolute Gasteiger partial charge is 0.263 e. The minimum atomic E-state index is -0.102. The van der Waals surface area contributed by atoms with E-state index in [1.165, 1.54) is 6.33 Å². The summed E-state index contributed by atoms with van der Waals surface area (Å²) < 4.78 is 13.2. The predicted octanol–water partition coefficient (Wildman–Crippen LogP) is 2.08. The van der Waals surface area contributed by atoms with Crippen molar-refractivity contribution in [3.8, 4) is 0 Å². The third kappa shape index (κ3) is 2.35. The van der Waals surface area contributed by atoms with Crippen molar-refractivity contribution in [3.05, 3.63) is 30.2 Å². The van der Waals surface area contributed by atoms with Gasteiger partial charge in [0.1, 0.15) is 29.5 Å². The number of hydrogen-bond acceptors (Lipinski definition) is 7. The number of imidazole rings is 1. The van der Waals surface area contributed by atoms with Gasteiger partial charge in [-0.3, -0.25) is 0 Å². The first-order chi connectivity index (χ1) is 11.3. The fourth-order valence-electron chi connectivity index (χ4n) is 3.04. The monoisotopic (exact) mass is 314 g/mol. The molecule has 0 bridgehead atoms. The Balaban J connectivity index is 1.66. The summed E-state index contributed by atoms with van der Waals surface area (Å²) in [7, 11) is 0. The summed E-state index contributed by atoms with van der Waals surface area (Å²) >= 11 is 0. The third-order valence-corrected chi connectivity index (χ3v) is 4.20. The number of aryl methyl sites for hydroxylation is 2. The van der Waals surface area contributed by atoms with Gasteiger partial charge in [0.15, 0.2) is 0 Å². The van der Waals surface area contributed by atoms with Crippen molar-refractivity contribution in [3.63, 3.8) is 0 Å². The molecule has 0 amide bonds. The van der Waals surface area contributed by atoms with Crippen LogP contribution >= 0.6 is 0 Å². The molecule has 8 heteroatoms. The SMILES string of the molecule is CCn1ccnc1[C@H]1OCC[C@@H]1Nc1ncnc2onc(C)c12. The Hall–Kier alpha value is -2.48. The summed E-state index contributed by atoms with van der Waals surface area (Å²) in [5.74, 6) is 1.67. The van der Waals surface area contributed by atoms with Crippen LogP contribution in [0, 0.1) is 6.92 Å². The molecule has 2 atom stereocenters. The summed E-state index contributed by atoms with van der Waals surface area (Å²) in [5.41, 5.74) is 1.26. The Bertz CT molecular complexity index is 826. The van der Waals surface area contributed by atoms with Gasteiger partial charge in [0.25, 0.3) is 5.71 Å². The molecular weight excluding hydrogens is 296 g/mol. The van der Waals surface area contributed by atoms with Gasteiger partial charge in [-0.1, -0.05) is 5.16 Å². The molecule has 0 spiro atoms. The number of fused-ring (bicyclic) bond motifs is 1. The average Bonchev–Trinajstić information content (AvgIpc) is 3.27. The van der Waals surface area contributed by atoms with E-state index in [-0.39, 0.29) is 12.1 Å². The van der Waals surface area contributed by atoms with Gasteiger partial charge in [-0.2, -0.15) is 4.98 Å². The van der Waals surface area contributed by atoms with E-state index in [0.29, 0.717) is 12.3 Å². The molecule has 1 N–H and O–H groups in total. The molecule has 4 rings (SSSR count). The zero-order valence-corrected chi connectivity index (χ0v) is 13.1. The lowest BCUT2D eigenvalue weighted by Crippen LogP contribution is -2.26. The van der Waals surface area contributed by atoms with Crippen LogP contribution in [0.3, 0.4) is 0 Å². The highest BCUT2D eigenvalue weighted by Gasteiger charge is 2.33. The average molecular weight is 314 g/mol. The fraction of sp³-hybridized carbons (Fsp3) is 0.467. The minimum absolute atomic E-state index is 0.0927. The van der Waals surface area contributed by atoms with Crippen LogP contribution in [0.2, 0.25) is 0 Å². The molecule has 1 aliphatic rings. The summed E-state index contributed by atoms with van der Waals surface area (Å²) in [5, 5.41) is 8.25. The normalized spacial score (nSPS) is 21.1. The molecule has 0 radical (unpaired) electrons. The molecule has 8 nitrogen and oxygen atoms in total. The first-order valence-corrected chi connectivity index (χ1v) is 7.74. The molecule has 0 aromatic carbocycles. The lowest BCUT2D eigenvalue weighted by molar-refractivity contribution is 0.0976. The van der Waals surface area contributed by atoms with Gasteiger partial charge in [-0.25, -0.2) is 9.97 Å². The fourth-order valence-corrected chi connectivity index (χ4v) is 3.04. The van der Waals surface area contributed by atoms with Crippen LogP contribution in [-0.2, 0) is 11.3 Å². The van der Waals surface area contributed by atoms with Gasteiger partial charge in [0.05, 0.1) is 11.7 Å². The number of hydrogen-bond donors (Lipinski definition) is 1. The molecule has 0 unspecified atom stereocenters. The molecule has 23 heavy (non-hydrogen) atoms. The zero-order chi connectivity index (χ0) is 15.8. The molecule has 1 fully saturated rings. The van der Waals surface area contributed by atoms with Crippen molar-refractivity contribution in [1.29, 1.82) is 0 Å². The number of rotatable bonds is 4. The number of aromatic nitrogens is 5. The van der Waals surface area contributed by atoms with E-state index in [4.69, 9.17) is 9.26 Å². The summed E-state index contributed by atoms with van der Waals surface area (Å²) in [6, 6.07) is 0.0927. The molecule has 1 aliphatic heterocycles. The quantitative estimate of drug-likeness (QED) is 0.788. The Morgan fingerprint density at radius 3 is 3.13 bits per heavy atom. The zero-order valence-electron chi connectivity index (χ0n) is 13.1. The van der Waals surface area contributed by atoms with Gasteiger partial charge in [0.2, 0.25) is 0 Å². The highest BCUT2D eigenvalue weighted by molar-refractivity contribution is 5.87.